The van der Waals surface area contributed by atoms with Gasteiger partial charge in [0.25, 0.3) is 11.8 Å². The molecule has 2 amide bonds. The van der Waals surface area contributed by atoms with E-state index >= 15 is 0 Å². The van der Waals surface area contributed by atoms with Crippen molar-refractivity contribution in [3.8, 4) is 5.75 Å². The summed E-state index contributed by atoms with van der Waals surface area (Å²) in [5.41, 5.74) is 1.54. The lowest BCUT2D eigenvalue weighted by Gasteiger charge is -2.11. The molecular formula is C19H20N2O3. The molecule has 0 spiro atoms. The number of rotatable bonds is 6. The van der Waals surface area contributed by atoms with Gasteiger partial charge in [-0.3, -0.25) is 9.59 Å². The summed E-state index contributed by atoms with van der Waals surface area (Å²) in [5.74, 6) is 0.209. The molecule has 0 radical (unpaired) electrons. The van der Waals surface area contributed by atoms with Gasteiger partial charge < -0.3 is 15.4 Å². The van der Waals surface area contributed by atoms with E-state index in [0.717, 1.165) is 12.8 Å². The number of hydrogen-bond donors (Lipinski definition) is 2. The molecule has 124 valence electrons. The summed E-state index contributed by atoms with van der Waals surface area (Å²) in [6.45, 7) is 2.41. The summed E-state index contributed by atoms with van der Waals surface area (Å²) in [7, 11) is 0. The van der Waals surface area contributed by atoms with Crippen LogP contribution in [0.15, 0.2) is 48.5 Å². The zero-order valence-electron chi connectivity index (χ0n) is 13.5. The zero-order chi connectivity index (χ0) is 16.9. The van der Waals surface area contributed by atoms with Crippen molar-refractivity contribution < 1.29 is 14.3 Å². The van der Waals surface area contributed by atoms with Crippen LogP contribution in [-0.2, 0) is 0 Å². The summed E-state index contributed by atoms with van der Waals surface area (Å²) in [5, 5.41) is 5.76. The maximum absolute atomic E-state index is 12.5. The van der Waals surface area contributed by atoms with Crippen molar-refractivity contribution in [2.24, 2.45) is 0 Å². The zero-order valence-corrected chi connectivity index (χ0v) is 13.5. The van der Waals surface area contributed by atoms with E-state index in [0.29, 0.717) is 29.2 Å². The molecule has 1 aliphatic carbocycles. The molecule has 5 nitrogen and oxygen atoms in total. The molecule has 0 unspecified atom stereocenters. The quantitative estimate of drug-likeness (QED) is 0.857. The molecule has 2 aromatic rings. The average molecular weight is 324 g/mol. The van der Waals surface area contributed by atoms with Crippen LogP contribution in [0.3, 0.4) is 0 Å². The van der Waals surface area contributed by atoms with E-state index < -0.39 is 0 Å². The maximum Gasteiger partial charge on any atom is 0.255 e. The Bertz CT molecular complexity index is 754. The highest BCUT2D eigenvalue weighted by atomic mass is 16.5. The fraction of sp³-hybridized carbons (Fsp3) is 0.263. The third-order valence-electron chi connectivity index (χ3n) is 3.73. The van der Waals surface area contributed by atoms with Gasteiger partial charge in [0.05, 0.1) is 12.3 Å². The molecule has 1 fully saturated rings. The number of nitrogens with one attached hydrogen (secondary N) is 2. The lowest BCUT2D eigenvalue weighted by Crippen LogP contribution is -2.25. The van der Waals surface area contributed by atoms with Gasteiger partial charge in [0.1, 0.15) is 5.75 Å². The van der Waals surface area contributed by atoms with Crippen molar-refractivity contribution in [3.05, 3.63) is 59.7 Å². The van der Waals surface area contributed by atoms with Crippen LogP contribution in [0, 0.1) is 0 Å². The standard InChI is InChI=1S/C19H20N2O3/c1-2-24-17-9-4-3-8-16(17)21-19(23)14-7-5-6-13(12-14)18(22)20-15-10-11-15/h3-9,12,15H,2,10-11H2,1H3,(H,20,22)(H,21,23). The third-order valence-corrected chi connectivity index (χ3v) is 3.73. The molecule has 0 aromatic heterocycles. The third kappa shape index (κ3) is 3.93. The summed E-state index contributed by atoms with van der Waals surface area (Å²) in [6.07, 6.45) is 2.06. The van der Waals surface area contributed by atoms with Gasteiger partial charge in [-0.2, -0.15) is 0 Å². The molecule has 1 saturated carbocycles. The second-order valence-corrected chi connectivity index (χ2v) is 5.71. The first-order valence-corrected chi connectivity index (χ1v) is 8.11. The van der Waals surface area contributed by atoms with Crippen molar-refractivity contribution in [3.63, 3.8) is 0 Å². The van der Waals surface area contributed by atoms with E-state index in [-0.39, 0.29) is 17.9 Å². The lowest BCUT2D eigenvalue weighted by atomic mass is 10.1. The largest absolute Gasteiger partial charge is 0.492 e. The van der Waals surface area contributed by atoms with Crippen LogP contribution < -0.4 is 15.4 Å². The fourth-order valence-electron chi connectivity index (χ4n) is 2.34. The topological polar surface area (TPSA) is 67.4 Å². The number of carbonyl (C=O) groups is 2. The fourth-order valence-corrected chi connectivity index (χ4v) is 2.34. The predicted octanol–water partition coefficient (Wildman–Crippen LogP) is 3.23. The maximum atomic E-state index is 12.5. The van der Waals surface area contributed by atoms with Gasteiger partial charge in [0, 0.05) is 17.2 Å². The van der Waals surface area contributed by atoms with Crippen LogP contribution in [-0.4, -0.2) is 24.5 Å². The van der Waals surface area contributed by atoms with Crippen molar-refractivity contribution in [1.29, 1.82) is 0 Å². The molecule has 1 aliphatic rings. The molecule has 0 atom stereocenters. The summed E-state index contributed by atoms with van der Waals surface area (Å²) in [6, 6.07) is 14.3. The lowest BCUT2D eigenvalue weighted by molar-refractivity contribution is 0.0951. The van der Waals surface area contributed by atoms with Crippen LogP contribution in [0.4, 0.5) is 5.69 Å². The minimum absolute atomic E-state index is 0.137. The second kappa shape index (κ2) is 7.17. The van der Waals surface area contributed by atoms with Gasteiger partial charge in [0.15, 0.2) is 0 Å². The highest BCUT2D eigenvalue weighted by Crippen LogP contribution is 2.24. The molecule has 0 heterocycles. The van der Waals surface area contributed by atoms with Crippen molar-refractivity contribution in [1.82, 2.24) is 5.32 Å². The van der Waals surface area contributed by atoms with E-state index in [2.05, 4.69) is 10.6 Å². The highest BCUT2D eigenvalue weighted by molar-refractivity contribution is 6.06. The predicted molar refractivity (Wildman–Crippen MR) is 92.5 cm³/mol. The van der Waals surface area contributed by atoms with Gasteiger partial charge in [0.2, 0.25) is 0 Å². The Balaban J connectivity index is 1.74. The van der Waals surface area contributed by atoms with Gasteiger partial charge >= 0.3 is 0 Å². The van der Waals surface area contributed by atoms with Gasteiger partial charge in [-0.25, -0.2) is 0 Å². The molecule has 0 bridgehead atoms. The molecule has 2 N–H and O–H groups in total. The van der Waals surface area contributed by atoms with Crippen LogP contribution in [0.5, 0.6) is 5.75 Å². The summed E-state index contributed by atoms with van der Waals surface area (Å²) < 4.78 is 5.51. The number of anilines is 1. The first-order valence-electron chi connectivity index (χ1n) is 8.11. The Morgan fingerprint density at radius 3 is 2.46 bits per heavy atom. The molecule has 0 saturated heterocycles. The summed E-state index contributed by atoms with van der Waals surface area (Å²) in [4.78, 5) is 24.6. The molecule has 5 heteroatoms. The van der Waals surface area contributed by atoms with Crippen LogP contribution >= 0.6 is 0 Å². The number of ether oxygens (including phenoxy) is 1. The Kier molecular flexibility index (Phi) is 4.79. The molecule has 2 aromatic carbocycles. The van der Waals surface area contributed by atoms with Gasteiger partial charge in [-0.1, -0.05) is 18.2 Å². The van der Waals surface area contributed by atoms with Crippen molar-refractivity contribution >= 4 is 17.5 Å². The number of carbonyl (C=O) groups excluding carboxylic acids is 2. The number of hydrogen-bond acceptors (Lipinski definition) is 3. The minimum atomic E-state index is -0.275. The first-order chi connectivity index (χ1) is 11.7. The minimum Gasteiger partial charge on any atom is -0.492 e. The van der Waals surface area contributed by atoms with Gasteiger partial charge in [-0.15, -0.1) is 0 Å². The highest BCUT2D eigenvalue weighted by Gasteiger charge is 2.24. The Labute approximate surface area is 141 Å². The normalized spacial score (nSPS) is 13.2. The monoisotopic (exact) mass is 324 g/mol. The first kappa shape index (κ1) is 16.1. The number of benzene rings is 2. The van der Waals surface area contributed by atoms with Crippen LogP contribution in [0.2, 0.25) is 0 Å². The van der Waals surface area contributed by atoms with E-state index in [1.165, 1.54) is 0 Å². The number of amides is 2. The Morgan fingerprint density at radius 1 is 1.04 bits per heavy atom. The molecular weight excluding hydrogens is 304 g/mol. The Hall–Kier alpha value is -2.82. The molecule has 0 aliphatic heterocycles. The van der Waals surface area contributed by atoms with E-state index in [1.807, 2.05) is 19.1 Å². The Morgan fingerprint density at radius 2 is 1.75 bits per heavy atom. The smallest absolute Gasteiger partial charge is 0.255 e. The SMILES string of the molecule is CCOc1ccccc1NC(=O)c1cccc(C(=O)NC2CC2)c1. The van der Waals surface area contributed by atoms with Crippen LogP contribution in [0.25, 0.3) is 0 Å². The average Bonchev–Trinajstić information content (AvgIpc) is 3.41. The van der Waals surface area contributed by atoms with E-state index in [4.69, 9.17) is 4.74 Å². The molecule has 24 heavy (non-hydrogen) atoms. The molecule has 3 rings (SSSR count). The second-order valence-electron chi connectivity index (χ2n) is 5.71. The van der Waals surface area contributed by atoms with Crippen LogP contribution in [0.1, 0.15) is 40.5 Å². The summed E-state index contributed by atoms with van der Waals surface area (Å²) >= 11 is 0. The number of para-hydroxylation sites is 2. The van der Waals surface area contributed by atoms with Crippen molar-refractivity contribution in [2.75, 3.05) is 11.9 Å². The van der Waals surface area contributed by atoms with Crippen molar-refractivity contribution in [2.45, 2.75) is 25.8 Å². The van der Waals surface area contributed by atoms with E-state index in [1.54, 1.807) is 36.4 Å². The van der Waals surface area contributed by atoms with E-state index in [9.17, 15) is 9.59 Å². The van der Waals surface area contributed by atoms with Gasteiger partial charge in [-0.05, 0) is 50.1 Å².